The maximum atomic E-state index is 13.1. The van der Waals surface area contributed by atoms with Crippen molar-refractivity contribution in [1.29, 1.82) is 0 Å². The summed E-state index contributed by atoms with van der Waals surface area (Å²) < 4.78 is 27.8. The van der Waals surface area contributed by atoms with Crippen LogP contribution in [0.2, 0.25) is 0 Å². The van der Waals surface area contributed by atoms with E-state index in [0.29, 0.717) is 23.0 Å². The topological polar surface area (TPSA) is 63.4 Å². The van der Waals surface area contributed by atoms with Crippen LogP contribution in [0.4, 0.5) is 5.69 Å². The van der Waals surface area contributed by atoms with Gasteiger partial charge in [0.15, 0.2) is 0 Å². The Hall–Kier alpha value is -1.07. The molecule has 0 radical (unpaired) electrons. The number of nitrogens with zero attached hydrogens (tertiary/aromatic N) is 1. The number of hydrogen-bond donors (Lipinski definition) is 1. The third-order valence-corrected chi connectivity index (χ3v) is 6.19. The summed E-state index contributed by atoms with van der Waals surface area (Å²) in [5.74, 6) is 0.495. The zero-order valence-electron chi connectivity index (χ0n) is 13.4. The van der Waals surface area contributed by atoms with E-state index in [-0.39, 0.29) is 6.04 Å². The number of anilines is 1. The van der Waals surface area contributed by atoms with Crippen LogP contribution in [-0.2, 0) is 10.0 Å². The molecule has 1 saturated carbocycles. The molecule has 0 saturated heterocycles. The van der Waals surface area contributed by atoms with Gasteiger partial charge < -0.3 is 5.73 Å². The highest BCUT2D eigenvalue weighted by Crippen LogP contribution is 2.35. The van der Waals surface area contributed by atoms with Gasteiger partial charge in [0.1, 0.15) is 0 Å². The van der Waals surface area contributed by atoms with Crippen molar-refractivity contribution in [2.75, 3.05) is 12.3 Å². The summed E-state index contributed by atoms with van der Waals surface area (Å²) in [4.78, 5) is 0.437. The number of rotatable bonds is 6. The van der Waals surface area contributed by atoms with E-state index in [4.69, 9.17) is 5.73 Å². The molecule has 1 aromatic rings. The normalized spacial score (nSPS) is 15.9. The van der Waals surface area contributed by atoms with E-state index < -0.39 is 10.0 Å². The Balaban J connectivity index is 2.39. The van der Waals surface area contributed by atoms with E-state index in [1.165, 1.54) is 0 Å². The Labute approximate surface area is 128 Å². The molecule has 1 fully saturated rings. The van der Waals surface area contributed by atoms with Gasteiger partial charge in [0.25, 0.3) is 0 Å². The number of aryl methyl sites for hydroxylation is 2. The van der Waals surface area contributed by atoms with Crippen molar-refractivity contribution in [3.63, 3.8) is 0 Å². The predicted octanol–water partition coefficient (Wildman–Crippen LogP) is 3.08. The second kappa shape index (κ2) is 5.97. The molecule has 21 heavy (non-hydrogen) atoms. The summed E-state index contributed by atoms with van der Waals surface area (Å²) in [6.07, 6.45) is 2.84. The van der Waals surface area contributed by atoms with Crippen LogP contribution in [0.5, 0.6) is 0 Å². The Morgan fingerprint density at radius 3 is 2.19 bits per heavy atom. The SMILES string of the molecule is Cc1cc(N)cc(C)c1S(=O)(=O)N(CCC(C)C)C1CC1. The molecule has 1 aliphatic rings. The third-order valence-electron chi connectivity index (χ3n) is 3.93. The molecule has 1 aromatic carbocycles. The summed E-state index contributed by atoms with van der Waals surface area (Å²) in [5.41, 5.74) is 7.90. The van der Waals surface area contributed by atoms with Crippen LogP contribution in [-0.4, -0.2) is 25.3 Å². The quantitative estimate of drug-likeness (QED) is 0.821. The monoisotopic (exact) mass is 310 g/mol. The predicted molar refractivity (Wildman–Crippen MR) is 86.7 cm³/mol. The highest BCUT2D eigenvalue weighted by atomic mass is 32.2. The Morgan fingerprint density at radius 2 is 1.76 bits per heavy atom. The van der Waals surface area contributed by atoms with E-state index in [1.807, 2.05) is 13.8 Å². The first kappa shape index (κ1) is 16.3. The largest absolute Gasteiger partial charge is 0.399 e. The van der Waals surface area contributed by atoms with E-state index >= 15 is 0 Å². The Kier molecular flexibility index (Phi) is 4.63. The van der Waals surface area contributed by atoms with Crippen LogP contribution in [0.15, 0.2) is 17.0 Å². The lowest BCUT2D eigenvalue weighted by Crippen LogP contribution is -2.35. The average molecular weight is 310 g/mol. The van der Waals surface area contributed by atoms with Crippen molar-refractivity contribution in [1.82, 2.24) is 4.31 Å². The van der Waals surface area contributed by atoms with Crippen LogP contribution in [0, 0.1) is 19.8 Å². The van der Waals surface area contributed by atoms with Crippen LogP contribution < -0.4 is 5.73 Å². The minimum atomic E-state index is -3.43. The fourth-order valence-electron chi connectivity index (χ4n) is 2.75. The molecular formula is C16H26N2O2S. The first-order valence-corrected chi connectivity index (χ1v) is 9.06. The molecule has 0 aromatic heterocycles. The van der Waals surface area contributed by atoms with E-state index in [2.05, 4.69) is 13.8 Å². The molecule has 0 bridgehead atoms. The second-order valence-electron chi connectivity index (χ2n) is 6.51. The number of hydrogen-bond acceptors (Lipinski definition) is 3. The van der Waals surface area contributed by atoms with Gasteiger partial charge in [-0.2, -0.15) is 4.31 Å². The molecule has 1 aliphatic carbocycles. The van der Waals surface area contributed by atoms with Crippen molar-refractivity contribution in [2.24, 2.45) is 5.92 Å². The van der Waals surface area contributed by atoms with Crippen LogP contribution in [0.3, 0.4) is 0 Å². The molecular weight excluding hydrogens is 284 g/mol. The minimum absolute atomic E-state index is 0.185. The van der Waals surface area contributed by atoms with Crippen LogP contribution >= 0.6 is 0 Å². The first-order chi connectivity index (χ1) is 9.73. The maximum absolute atomic E-state index is 13.1. The number of sulfonamides is 1. The molecule has 5 heteroatoms. The summed E-state index contributed by atoms with van der Waals surface area (Å²) in [6, 6.07) is 3.67. The van der Waals surface area contributed by atoms with Crippen molar-refractivity contribution in [3.05, 3.63) is 23.3 Å². The summed E-state index contributed by atoms with van der Waals surface area (Å²) in [7, 11) is -3.43. The van der Waals surface area contributed by atoms with Crippen molar-refractivity contribution >= 4 is 15.7 Å². The van der Waals surface area contributed by atoms with Crippen LogP contribution in [0.1, 0.15) is 44.2 Å². The van der Waals surface area contributed by atoms with Gasteiger partial charge in [-0.25, -0.2) is 8.42 Å². The average Bonchev–Trinajstić information content (AvgIpc) is 3.10. The zero-order valence-corrected chi connectivity index (χ0v) is 14.2. The summed E-state index contributed by atoms with van der Waals surface area (Å²) in [5, 5.41) is 0. The standard InChI is InChI=1S/C16H26N2O2S/c1-11(2)7-8-18(15-5-6-15)21(19,20)16-12(3)9-14(17)10-13(16)4/h9-11,15H,5-8,17H2,1-4H3. The molecule has 0 atom stereocenters. The van der Waals surface area contributed by atoms with Gasteiger partial charge in [-0.3, -0.25) is 0 Å². The Bertz CT molecular complexity index is 596. The van der Waals surface area contributed by atoms with E-state index in [0.717, 1.165) is 30.4 Å². The molecule has 118 valence electrons. The molecule has 0 aliphatic heterocycles. The lowest BCUT2D eigenvalue weighted by Gasteiger charge is -2.25. The van der Waals surface area contributed by atoms with E-state index in [1.54, 1.807) is 16.4 Å². The molecule has 2 rings (SSSR count). The van der Waals surface area contributed by atoms with Gasteiger partial charge >= 0.3 is 0 Å². The van der Waals surface area contributed by atoms with Gasteiger partial charge in [-0.15, -0.1) is 0 Å². The fraction of sp³-hybridized carbons (Fsp3) is 0.625. The number of nitrogens with two attached hydrogens (primary N) is 1. The zero-order chi connectivity index (χ0) is 15.8. The lowest BCUT2D eigenvalue weighted by molar-refractivity contribution is 0.373. The number of nitrogen functional groups attached to an aromatic ring is 1. The van der Waals surface area contributed by atoms with Gasteiger partial charge in [-0.1, -0.05) is 13.8 Å². The third kappa shape index (κ3) is 3.58. The lowest BCUT2D eigenvalue weighted by atomic mass is 10.1. The minimum Gasteiger partial charge on any atom is -0.399 e. The molecule has 0 heterocycles. The van der Waals surface area contributed by atoms with Crippen molar-refractivity contribution in [3.8, 4) is 0 Å². The molecule has 0 amide bonds. The molecule has 0 unspecified atom stereocenters. The van der Waals surface area contributed by atoms with Crippen molar-refractivity contribution < 1.29 is 8.42 Å². The van der Waals surface area contributed by atoms with E-state index in [9.17, 15) is 8.42 Å². The van der Waals surface area contributed by atoms with Crippen LogP contribution in [0.25, 0.3) is 0 Å². The van der Waals surface area contributed by atoms with Gasteiger partial charge in [0.2, 0.25) is 10.0 Å². The summed E-state index contributed by atoms with van der Waals surface area (Å²) >= 11 is 0. The molecule has 4 nitrogen and oxygen atoms in total. The molecule has 0 spiro atoms. The fourth-order valence-corrected chi connectivity index (χ4v) is 4.87. The van der Waals surface area contributed by atoms with Gasteiger partial charge in [-0.05, 0) is 62.3 Å². The Morgan fingerprint density at radius 1 is 1.24 bits per heavy atom. The van der Waals surface area contributed by atoms with Gasteiger partial charge in [0, 0.05) is 18.3 Å². The smallest absolute Gasteiger partial charge is 0.243 e. The second-order valence-corrected chi connectivity index (χ2v) is 8.34. The maximum Gasteiger partial charge on any atom is 0.243 e. The highest BCUT2D eigenvalue weighted by molar-refractivity contribution is 7.89. The highest BCUT2D eigenvalue weighted by Gasteiger charge is 2.39. The van der Waals surface area contributed by atoms with Crippen molar-refractivity contribution in [2.45, 2.75) is 57.9 Å². The van der Waals surface area contributed by atoms with Gasteiger partial charge in [0.05, 0.1) is 4.90 Å². The molecule has 2 N–H and O–H groups in total. The number of benzene rings is 1. The first-order valence-electron chi connectivity index (χ1n) is 7.62. The summed E-state index contributed by atoms with van der Waals surface area (Å²) in [6.45, 7) is 8.50.